The van der Waals surface area contributed by atoms with Gasteiger partial charge in [0.05, 0.1) is 5.71 Å². The molecule has 0 heterocycles. The Balaban J connectivity index is 2.14. The minimum absolute atomic E-state index is 0.113. The molecule has 1 amide bonds. The van der Waals surface area contributed by atoms with Crippen molar-refractivity contribution in [3.63, 3.8) is 0 Å². The van der Waals surface area contributed by atoms with Crippen LogP contribution < -0.4 is 5.43 Å². The summed E-state index contributed by atoms with van der Waals surface area (Å²) in [4.78, 5) is 11.8. The average molecular weight is 307 g/mol. The van der Waals surface area contributed by atoms with Crippen LogP contribution in [0.25, 0.3) is 0 Å². The van der Waals surface area contributed by atoms with Crippen LogP contribution in [0.2, 0.25) is 5.02 Å². The maximum atomic E-state index is 13.1. The smallest absolute Gasteiger partial charge is 0.271 e. The van der Waals surface area contributed by atoms with Crippen LogP contribution in [0.3, 0.4) is 0 Å². The molecule has 21 heavy (non-hydrogen) atoms. The predicted octanol–water partition coefficient (Wildman–Crippen LogP) is 3.34. The number of hydrogen-bond donors (Lipinski definition) is 2. The van der Waals surface area contributed by atoms with Crippen LogP contribution in [0.15, 0.2) is 47.6 Å². The Morgan fingerprint density at radius 3 is 2.57 bits per heavy atom. The molecule has 2 aromatic carbocycles. The standard InChI is InChI=1S/C15H12ClFN2O2/c1-9(13-8-12(17)6-7-14(13)20)18-19-15(21)10-2-4-11(16)5-3-10/h2-8,20H,1H3,(H,19,21)/b18-9+. The first-order valence-corrected chi connectivity index (χ1v) is 6.44. The van der Waals surface area contributed by atoms with E-state index in [0.717, 1.165) is 12.1 Å². The first-order chi connectivity index (χ1) is 9.97. The highest BCUT2D eigenvalue weighted by atomic mass is 35.5. The fraction of sp³-hybridized carbons (Fsp3) is 0.0667. The van der Waals surface area contributed by atoms with Gasteiger partial charge in [0.25, 0.3) is 5.91 Å². The van der Waals surface area contributed by atoms with Crippen molar-refractivity contribution in [2.24, 2.45) is 5.10 Å². The first-order valence-electron chi connectivity index (χ1n) is 6.06. The maximum Gasteiger partial charge on any atom is 0.271 e. The number of benzene rings is 2. The zero-order valence-electron chi connectivity index (χ0n) is 11.1. The Bertz CT molecular complexity index is 699. The number of phenolic OH excluding ortho intramolecular Hbond substituents is 1. The van der Waals surface area contributed by atoms with Gasteiger partial charge in [0.2, 0.25) is 0 Å². The largest absolute Gasteiger partial charge is 0.507 e. The SMILES string of the molecule is C/C(=N\NC(=O)c1ccc(Cl)cc1)c1cc(F)ccc1O. The molecule has 0 radical (unpaired) electrons. The Morgan fingerprint density at radius 2 is 1.90 bits per heavy atom. The number of aromatic hydroxyl groups is 1. The highest BCUT2D eigenvalue weighted by molar-refractivity contribution is 6.30. The van der Waals surface area contributed by atoms with Gasteiger partial charge in [0.15, 0.2) is 0 Å². The molecular formula is C15H12ClFN2O2. The number of hydrogen-bond acceptors (Lipinski definition) is 3. The van der Waals surface area contributed by atoms with Crippen LogP contribution in [-0.2, 0) is 0 Å². The number of phenols is 1. The molecule has 0 aliphatic carbocycles. The normalized spacial score (nSPS) is 11.3. The molecule has 0 bridgehead atoms. The lowest BCUT2D eigenvalue weighted by molar-refractivity contribution is 0.0955. The van der Waals surface area contributed by atoms with Gasteiger partial charge in [-0.05, 0) is 49.4 Å². The summed E-state index contributed by atoms with van der Waals surface area (Å²) >= 11 is 5.73. The summed E-state index contributed by atoms with van der Waals surface area (Å²) < 4.78 is 13.1. The van der Waals surface area contributed by atoms with Gasteiger partial charge in [-0.1, -0.05) is 11.6 Å². The van der Waals surface area contributed by atoms with Gasteiger partial charge in [0.1, 0.15) is 11.6 Å². The third-order valence-electron chi connectivity index (χ3n) is 2.78. The molecule has 2 N–H and O–H groups in total. The molecular weight excluding hydrogens is 295 g/mol. The van der Waals surface area contributed by atoms with Crippen molar-refractivity contribution in [1.82, 2.24) is 5.43 Å². The molecule has 2 aromatic rings. The van der Waals surface area contributed by atoms with Crippen molar-refractivity contribution in [2.45, 2.75) is 6.92 Å². The molecule has 0 atom stereocenters. The van der Waals surface area contributed by atoms with E-state index in [-0.39, 0.29) is 17.0 Å². The second-order valence-corrected chi connectivity index (χ2v) is 4.74. The van der Waals surface area contributed by atoms with E-state index in [1.54, 1.807) is 31.2 Å². The Kier molecular flexibility index (Phi) is 4.55. The summed E-state index contributed by atoms with van der Waals surface area (Å²) in [5.74, 6) is -1.04. The molecule has 2 rings (SSSR count). The second kappa shape index (κ2) is 6.37. The van der Waals surface area contributed by atoms with E-state index in [1.807, 2.05) is 0 Å². The van der Waals surface area contributed by atoms with Crippen LogP contribution in [0, 0.1) is 5.82 Å². The van der Waals surface area contributed by atoms with E-state index in [1.165, 1.54) is 6.07 Å². The monoisotopic (exact) mass is 306 g/mol. The minimum Gasteiger partial charge on any atom is -0.507 e. The molecule has 108 valence electrons. The van der Waals surface area contributed by atoms with E-state index >= 15 is 0 Å². The Labute approximate surface area is 125 Å². The summed E-state index contributed by atoms with van der Waals surface area (Å²) in [6, 6.07) is 9.80. The molecule has 0 aliphatic rings. The lowest BCUT2D eigenvalue weighted by Gasteiger charge is -2.05. The lowest BCUT2D eigenvalue weighted by Crippen LogP contribution is -2.19. The molecule has 0 saturated heterocycles. The lowest BCUT2D eigenvalue weighted by atomic mass is 10.1. The third-order valence-corrected chi connectivity index (χ3v) is 3.03. The number of amides is 1. The van der Waals surface area contributed by atoms with Crippen molar-refractivity contribution in [3.8, 4) is 5.75 Å². The maximum absolute atomic E-state index is 13.1. The van der Waals surface area contributed by atoms with E-state index < -0.39 is 11.7 Å². The highest BCUT2D eigenvalue weighted by Gasteiger charge is 2.08. The van der Waals surface area contributed by atoms with Crippen molar-refractivity contribution in [2.75, 3.05) is 0 Å². The number of carbonyl (C=O) groups excluding carboxylic acids is 1. The molecule has 0 fully saturated rings. The van der Waals surface area contributed by atoms with E-state index in [2.05, 4.69) is 10.5 Å². The number of nitrogens with one attached hydrogen (secondary N) is 1. The number of nitrogens with zero attached hydrogens (tertiary/aromatic N) is 1. The minimum atomic E-state index is -0.499. The van der Waals surface area contributed by atoms with E-state index in [0.29, 0.717) is 10.6 Å². The summed E-state index contributed by atoms with van der Waals surface area (Å²) in [5.41, 5.74) is 3.22. The average Bonchev–Trinajstić information content (AvgIpc) is 2.47. The van der Waals surface area contributed by atoms with Crippen LogP contribution in [0.5, 0.6) is 5.75 Å². The molecule has 0 spiro atoms. The van der Waals surface area contributed by atoms with Crippen molar-refractivity contribution < 1.29 is 14.3 Å². The number of rotatable bonds is 3. The quantitative estimate of drug-likeness (QED) is 0.675. The number of hydrazone groups is 1. The first kappa shape index (κ1) is 15.0. The Hall–Kier alpha value is -2.40. The zero-order valence-corrected chi connectivity index (χ0v) is 11.9. The molecule has 0 aromatic heterocycles. The van der Waals surface area contributed by atoms with E-state index in [4.69, 9.17) is 11.6 Å². The third kappa shape index (κ3) is 3.79. The summed E-state index contributed by atoms with van der Waals surface area (Å²) in [6.07, 6.45) is 0. The molecule has 4 nitrogen and oxygen atoms in total. The van der Waals surface area contributed by atoms with Gasteiger partial charge >= 0.3 is 0 Å². The number of halogens is 2. The van der Waals surface area contributed by atoms with Gasteiger partial charge in [-0.25, -0.2) is 9.82 Å². The van der Waals surface area contributed by atoms with Crippen LogP contribution in [0.4, 0.5) is 4.39 Å². The van der Waals surface area contributed by atoms with Gasteiger partial charge in [-0.2, -0.15) is 5.10 Å². The zero-order chi connectivity index (χ0) is 15.4. The summed E-state index contributed by atoms with van der Waals surface area (Å²) in [6.45, 7) is 1.55. The molecule has 6 heteroatoms. The second-order valence-electron chi connectivity index (χ2n) is 4.31. The van der Waals surface area contributed by atoms with Crippen LogP contribution in [0.1, 0.15) is 22.8 Å². The molecule has 0 saturated carbocycles. The number of carbonyl (C=O) groups is 1. The molecule has 0 aliphatic heterocycles. The highest BCUT2D eigenvalue weighted by Crippen LogP contribution is 2.18. The van der Waals surface area contributed by atoms with E-state index in [9.17, 15) is 14.3 Å². The summed E-state index contributed by atoms with van der Waals surface area (Å²) in [5, 5.41) is 14.0. The predicted molar refractivity (Wildman–Crippen MR) is 79.2 cm³/mol. The van der Waals surface area contributed by atoms with Gasteiger partial charge < -0.3 is 5.11 Å². The fourth-order valence-corrected chi connectivity index (χ4v) is 1.78. The Morgan fingerprint density at radius 1 is 1.24 bits per heavy atom. The summed E-state index contributed by atoms with van der Waals surface area (Å²) in [7, 11) is 0. The van der Waals surface area contributed by atoms with Gasteiger partial charge in [-0.15, -0.1) is 0 Å². The van der Waals surface area contributed by atoms with Crippen molar-refractivity contribution >= 4 is 23.2 Å². The van der Waals surface area contributed by atoms with Gasteiger partial charge in [-0.3, -0.25) is 4.79 Å². The van der Waals surface area contributed by atoms with Crippen molar-refractivity contribution in [3.05, 3.63) is 64.4 Å². The fourth-order valence-electron chi connectivity index (χ4n) is 1.66. The van der Waals surface area contributed by atoms with Crippen molar-refractivity contribution in [1.29, 1.82) is 0 Å². The topological polar surface area (TPSA) is 61.7 Å². The van der Waals surface area contributed by atoms with Crippen LogP contribution in [-0.4, -0.2) is 16.7 Å². The molecule has 0 unspecified atom stereocenters. The van der Waals surface area contributed by atoms with Gasteiger partial charge in [0, 0.05) is 16.1 Å². The van der Waals surface area contributed by atoms with Crippen LogP contribution >= 0.6 is 11.6 Å².